The third-order valence-corrected chi connectivity index (χ3v) is 3.06. The van der Waals surface area contributed by atoms with Crippen LogP contribution >= 0.6 is 0 Å². The Morgan fingerprint density at radius 2 is 2.24 bits per heavy atom. The van der Waals surface area contributed by atoms with E-state index in [1.807, 2.05) is 12.1 Å². The molecule has 1 aromatic rings. The number of likely N-dealkylation sites (tertiary alicyclic amines) is 1. The van der Waals surface area contributed by atoms with Gasteiger partial charge in [-0.2, -0.15) is 5.10 Å². The van der Waals surface area contributed by atoms with Gasteiger partial charge in [0, 0.05) is 31.7 Å². The van der Waals surface area contributed by atoms with Crippen molar-refractivity contribution >= 4 is 0 Å². The summed E-state index contributed by atoms with van der Waals surface area (Å²) in [6, 6.07) is 4.08. The fourth-order valence-electron chi connectivity index (χ4n) is 2.41. The molecule has 1 fully saturated rings. The van der Waals surface area contributed by atoms with Crippen LogP contribution in [0.15, 0.2) is 12.1 Å². The number of hydrogen-bond acceptors (Lipinski definition) is 5. The lowest BCUT2D eigenvalue weighted by Crippen LogP contribution is -2.45. The fraction of sp³-hybridized carbons (Fsp3) is 0.667. The topological polar surface area (TPSA) is 64.3 Å². The van der Waals surface area contributed by atoms with Gasteiger partial charge >= 0.3 is 0 Å². The lowest BCUT2D eigenvalue weighted by molar-refractivity contribution is 0.156. The summed E-state index contributed by atoms with van der Waals surface area (Å²) in [4.78, 5) is 2.34. The third kappa shape index (κ3) is 3.38. The zero-order valence-corrected chi connectivity index (χ0v) is 10.5. The number of rotatable bonds is 3. The zero-order valence-electron chi connectivity index (χ0n) is 10.5. The molecule has 2 rings (SSSR count). The van der Waals surface area contributed by atoms with Crippen molar-refractivity contribution in [3.05, 3.63) is 17.8 Å². The Labute approximate surface area is 102 Å². The second kappa shape index (κ2) is 5.42. The number of aromatic nitrogens is 2. The van der Waals surface area contributed by atoms with Gasteiger partial charge in [-0.3, -0.25) is 4.90 Å². The first kappa shape index (κ1) is 12.3. The average molecular weight is 236 g/mol. The SMILES string of the molecule is COc1ccc(CN2CC(C)CC(N)C2)nn1. The lowest BCUT2D eigenvalue weighted by atomic mass is 9.96. The van der Waals surface area contributed by atoms with E-state index in [9.17, 15) is 0 Å². The van der Waals surface area contributed by atoms with Gasteiger partial charge in [-0.05, 0) is 18.4 Å². The molecule has 1 aliphatic rings. The molecule has 0 bridgehead atoms. The van der Waals surface area contributed by atoms with E-state index < -0.39 is 0 Å². The van der Waals surface area contributed by atoms with Crippen LogP contribution < -0.4 is 10.5 Å². The maximum absolute atomic E-state index is 6.02. The largest absolute Gasteiger partial charge is 0.480 e. The van der Waals surface area contributed by atoms with E-state index in [-0.39, 0.29) is 6.04 Å². The van der Waals surface area contributed by atoms with E-state index in [0.29, 0.717) is 11.8 Å². The van der Waals surface area contributed by atoms with Crippen molar-refractivity contribution in [1.82, 2.24) is 15.1 Å². The van der Waals surface area contributed by atoms with Crippen molar-refractivity contribution in [3.8, 4) is 5.88 Å². The molecular weight excluding hydrogens is 216 g/mol. The van der Waals surface area contributed by atoms with Crippen LogP contribution in [0.25, 0.3) is 0 Å². The molecule has 2 heterocycles. The summed E-state index contributed by atoms with van der Waals surface area (Å²) in [5.74, 6) is 1.21. The minimum Gasteiger partial charge on any atom is -0.480 e. The minimum absolute atomic E-state index is 0.282. The molecule has 0 aromatic carbocycles. The van der Waals surface area contributed by atoms with Crippen LogP contribution in [0.5, 0.6) is 5.88 Å². The van der Waals surface area contributed by atoms with Crippen molar-refractivity contribution in [2.24, 2.45) is 11.7 Å². The highest BCUT2D eigenvalue weighted by molar-refractivity contribution is 5.11. The first-order valence-corrected chi connectivity index (χ1v) is 6.02. The quantitative estimate of drug-likeness (QED) is 0.835. The van der Waals surface area contributed by atoms with Gasteiger partial charge in [-0.25, -0.2) is 0 Å². The van der Waals surface area contributed by atoms with Gasteiger partial charge in [0.05, 0.1) is 12.8 Å². The Kier molecular flexibility index (Phi) is 3.91. The summed E-state index contributed by atoms with van der Waals surface area (Å²) in [6.45, 7) is 5.08. The summed E-state index contributed by atoms with van der Waals surface area (Å²) in [5.41, 5.74) is 6.98. The van der Waals surface area contributed by atoms with Gasteiger partial charge < -0.3 is 10.5 Å². The van der Waals surface area contributed by atoms with Crippen LogP contribution in [-0.2, 0) is 6.54 Å². The average Bonchev–Trinajstić information content (AvgIpc) is 2.28. The standard InChI is InChI=1S/C12H20N4O/c1-9-5-10(13)7-16(6-9)8-11-3-4-12(17-2)15-14-11/h3-4,9-10H,5-8,13H2,1-2H3. The first-order valence-electron chi connectivity index (χ1n) is 6.02. The van der Waals surface area contributed by atoms with E-state index in [1.165, 1.54) is 0 Å². The molecule has 0 aliphatic carbocycles. The van der Waals surface area contributed by atoms with Crippen molar-refractivity contribution in [1.29, 1.82) is 0 Å². The molecule has 0 saturated carbocycles. The van der Waals surface area contributed by atoms with Gasteiger partial charge in [0.25, 0.3) is 0 Å². The Morgan fingerprint density at radius 1 is 1.41 bits per heavy atom. The lowest BCUT2D eigenvalue weighted by Gasteiger charge is -2.34. The summed E-state index contributed by atoms with van der Waals surface area (Å²) < 4.78 is 4.99. The molecule has 0 spiro atoms. The monoisotopic (exact) mass is 236 g/mol. The molecule has 94 valence electrons. The van der Waals surface area contributed by atoms with Gasteiger partial charge in [0.1, 0.15) is 0 Å². The number of methoxy groups -OCH3 is 1. The first-order chi connectivity index (χ1) is 8.17. The summed E-state index contributed by atoms with van der Waals surface area (Å²) in [5, 5.41) is 8.11. The van der Waals surface area contributed by atoms with E-state index in [1.54, 1.807) is 7.11 Å². The highest BCUT2D eigenvalue weighted by Crippen LogP contribution is 2.17. The molecule has 1 aliphatic heterocycles. The normalized spacial score (nSPS) is 25.8. The summed E-state index contributed by atoms with van der Waals surface area (Å²) in [7, 11) is 1.59. The molecule has 1 saturated heterocycles. The van der Waals surface area contributed by atoms with Gasteiger partial charge in [-0.15, -0.1) is 5.10 Å². The van der Waals surface area contributed by atoms with Gasteiger partial charge in [0.2, 0.25) is 5.88 Å². The Balaban J connectivity index is 1.95. The highest BCUT2D eigenvalue weighted by Gasteiger charge is 2.22. The van der Waals surface area contributed by atoms with Crippen molar-refractivity contribution in [2.45, 2.75) is 25.9 Å². The number of nitrogens with two attached hydrogens (primary N) is 1. The van der Waals surface area contributed by atoms with E-state index in [2.05, 4.69) is 22.0 Å². The zero-order chi connectivity index (χ0) is 12.3. The van der Waals surface area contributed by atoms with Crippen molar-refractivity contribution in [3.63, 3.8) is 0 Å². The number of piperidine rings is 1. The number of hydrogen-bond donors (Lipinski definition) is 1. The van der Waals surface area contributed by atoms with Crippen molar-refractivity contribution < 1.29 is 4.74 Å². The Hall–Kier alpha value is -1.20. The predicted octanol–water partition coefficient (Wildman–Crippen LogP) is 0.654. The molecule has 0 amide bonds. The van der Waals surface area contributed by atoms with Crippen LogP contribution in [-0.4, -0.2) is 41.3 Å². The molecule has 0 radical (unpaired) electrons. The van der Waals surface area contributed by atoms with Crippen LogP contribution in [0.4, 0.5) is 0 Å². The van der Waals surface area contributed by atoms with Crippen LogP contribution in [0.1, 0.15) is 19.0 Å². The molecule has 17 heavy (non-hydrogen) atoms. The van der Waals surface area contributed by atoms with E-state index in [4.69, 9.17) is 10.5 Å². The Morgan fingerprint density at radius 3 is 2.82 bits per heavy atom. The molecule has 5 nitrogen and oxygen atoms in total. The molecule has 2 atom stereocenters. The Bertz CT molecular complexity index is 344. The highest BCUT2D eigenvalue weighted by atomic mass is 16.5. The second-order valence-corrected chi connectivity index (χ2v) is 4.86. The summed E-state index contributed by atoms with van der Waals surface area (Å²) >= 11 is 0. The second-order valence-electron chi connectivity index (χ2n) is 4.86. The van der Waals surface area contributed by atoms with E-state index in [0.717, 1.165) is 31.7 Å². The summed E-state index contributed by atoms with van der Waals surface area (Å²) in [6.07, 6.45) is 1.12. The van der Waals surface area contributed by atoms with E-state index >= 15 is 0 Å². The molecule has 2 unspecified atom stereocenters. The van der Waals surface area contributed by atoms with Crippen LogP contribution in [0, 0.1) is 5.92 Å². The molecule has 1 aromatic heterocycles. The maximum atomic E-state index is 6.02. The van der Waals surface area contributed by atoms with Gasteiger partial charge in [0.15, 0.2) is 0 Å². The fourth-order valence-corrected chi connectivity index (χ4v) is 2.41. The minimum atomic E-state index is 0.282. The van der Waals surface area contributed by atoms with Gasteiger partial charge in [-0.1, -0.05) is 6.92 Å². The molecule has 2 N–H and O–H groups in total. The maximum Gasteiger partial charge on any atom is 0.233 e. The van der Waals surface area contributed by atoms with Crippen molar-refractivity contribution in [2.75, 3.05) is 20.2 Å². The smallest absolute Gasteiger partial charge is 0.233 e. The molecule has 5 heteroatoms. The molecular formula is C12H20N4O. The van der Waals surface area contributed by atoms with Crippen LogP contribution in [0.3, 0.4) is 0 Å². The van der Waals surface area contributed by atoms with Crippen LogP contribution in [0.2, 0.25) is 0 Å². The number of nitrogens with zero attached hydrogens (tertiary/aromatic N) is 3. The predicted molar refractivity (Wildman–Crippen MR) is 65.6 cm³/mol. The number of ether oxygens (including phenoxy) is 1. The third-order valence-electron chi connectivity index (χ3n) is 3.06.